The molecule has 4 heterocycles. The number of carbonyl (C=O) groups excluding carboxylic acids is 5. The molecule has 0 aromatic heterocycles. The molecule has 4 saturated heterocycles. The molecule has 6 atom stereocenters. The Morgan fingerprint density at radius 3 is 2.29 bits per heavy atom. The first-order valence-electron chi connectivity index (χ1n) is 12.3. The van der Waals surface area contributed by atoms with Crippen molar-refractivity contribution in [2.24, 2.45) is 0 Å². The Morgan fingerprint density at radius 2 is 1.53 bits per heavy atom. The summed E-state index contributed by atoms with van der Waals surface area (Å²) in [4.78, 5) is 69.9. The number of aliphatic hydroxyl groups excluding tert-OH is 1. The molecule has 11 nitrogen and oxygen atoms in total. The highest BCUT2D eigenvalue weighted by Crippen LogP contribution is 2.27. The van der Waals surface area contributed by atoms with E-state index in [9.17, 15) is 29.1 Å². The molecule has 6 unspecified atom stereocenters. The van der Waals surface area contributed by atoms with Gasteiger partial charge in [0.25, 0.3) is 0 Å². The zero-order valence-corrected chi connectivity index (χ0v) is 19.8. The van der Waals surface area contributed by atoms with Crippen molar-refractivity contribution in [2.75, 3.05) is 19.6 Å². The summed E-state index contributed by atoms with van der Waals surface area (Å²) in [5.41, 5.74) is 0. The molecule has 188 valence electrons. The fourth-order valence-corrected chi connectivity index (χ4v) is 5.56. The number of ether oxygens (including phenoxy) is 1. The number of rotatable bonds is 0. The lowest BCUT2D eigenvalue weighted by Crippen LogP contribution is -2.59. The molecule has 34 heavy (non-hydrogen) atoms. The van der Waals surface area contributed by atoms with Gasteiger partial charge in [-0.25, -0.2) is 4.79 Å². The zero-order chi connectivity index (χ0) is 24.6. The Kier molecular flexibility index (Phi) is 7.11. The summed E-state index contributed by atoms with van der Waals surface area (Å²) in [6.45, 7) is 3.95. The Hall–Kier alpha value is -2.69. The molecule has 2 N–H and O–H groups in total. The molecule has 4 amide bonds. The summed E-state index contributed by atoms with van der Waals surface area (Å²) in [5, 5.41) is 13.0. The standard InChI is InChI=1S/C23H34N4O7/c1-13-10-19(29)27-12-15(28)11-18(27)22(32)25-8-4-3-6-16(25)20(30)24-14(2)21(31)26-9-5-7-17(26)23(33)34-13/h13-18,28H,3-12H2,1-2H3,(H,24,30). The van der Waals surface area contributed by atoms with Gasteiger partial charge in [-0.15, -0.1) is 0 Å². The third kappa shape index (κ3) is 4.75. The topological polar surface area (TPSA) is 137 Å². The zero-order valence-electron chi connectivity index (χ0n) is 19.8. The van der Waals surface area contributed by atoms with E-state index in [2.05, 4.69) is 5.32 Å². The van der Waals surface area contributed by atoms with Crippen LogP contribution in [0.15, 0.2) is 0 Å². The number of amides is 4. The second-order valence-corrected chi connectivity index (χ2v) is 9.87. The number of fused-ring (bicyclic) bond motifs is 3. The number of cyclic esters (lactones) is 1. The normalized spacial score (nSPS) is 36.1. The second-order valence-electron chi connectivity index (χ2n) is 9.87. The first-order chi connectivity index (χ1) is 16.2. The number of carbonyl (C=O) groups is 5. The van der Waals surface area contributed by atoms with E-state index in [4.69, 9.17) is 4.74 Å². The first-order valence-corrected chi connectivity index (χ1v) is 12.3. The van der Waals surface area contributed by atoms with E-state index in [1.54, 1.807) is 13.8 Å². The minimum Gasteiger partial charge on any atom is -0.461 e. The van der Waals surface area contributed by atoms with Crippen molar-refractivity contribution in [3.63, 3.8) is 0 Å². The second kappa shape index (κ2) is 9.89. The predicted molar refractivity (Wildman–Crippen MR) is 118 cm³/mol. The van der Waals surface area contributed by atoms with E-state index < -0.39 is 54.2 Å². The molecule has 4 fully saturated rings. The van der Waals surface area contributed by atoms with Crippen LogP contribution in [0.2, 0.25) is 0 Å². The van der Waals surface area contributed by atoms with E-state index in [1.165, 1.54) is 14.7 Å². The van der Waals surface area contributed by atoms with Crippen molar-refractivity contribution in [1.82, 2.24) is 20.0 Å². The van der Waals surface area contributed by atoms with Crippen molar-refractivity contribution >= 4 is 29.6 Å². The van der Waals surface area contributed by atoms with Gasteiger partial charge in [0.05, 0.1) is 12.5 Å². The highest BCUT2D eigenvalue weighted by Gasteiger charge is 2.45. The molecule has 4 aliphatic heterocycles. The van der Waals surface area contributed by atoms with E-state index in [1.807, 2.05) is 0 Å². The SMILES string of the molecule is CC1CC(=O)N2CC(O)CC2C(=O)N2CCCCC2C(=O)NC(C)C(=O)N2CCCC2C(=O)O1. The van der Waals surface area contributed by atoms with Gasteiger partial charge >= 0.3 is 5.97 Å². The number of piperidine rings is 1. The Balaban J connectivity index is 1.65. The Labute approximate surface area is 198 Å². The highest BCUT2D eigenvalue weighted by molar-refractivity contribution is 5.95. The fourth-order valence-electron chi connectivity index (χ4n) is 5.56. The van der Waals surface area contributed by atoms with Gasteiger partial charge in [0, 0.05) is 26.1 Å². The Morgan fingerprint density at radius 1 is 0.853 bits per heavy atom. The number of nitrogens with zero attached hydrogens (tertiary/aromatic N) is 3. The fraction of sp³-hybridized carbons (Fsp3) is 0.783. The molecule has 0 aromatic rings. The quantitative estimate of drug-likeness (QED) is 0.433. The van der Waals surface area contributed by atoms with Crippen molar-refractivity contribution in [2.45, 2.75) is 95.2 Å². The van der Waals surface area contributed by atoms with Gasteiger partial charge in [-0.1, -0.05) is 0 Å². The van der Waals surface area contributed by atoms with Crippen molar-refractivity contribution < 1.29 is 33.8 Å². The third-order valence-corrected chi connectivity index (χ3v) is 7.29. The average Bonchev–Trinajstić information content (AvgIpc) is 3.44. The molecular formula is C23H34N4O7. The van der Waals surface area contributed by atoms with Crippen molar-refractivity contribution in [3.05, 3.63) is 0 Å². The first kappa shape index (κ1) is 24.4. The van der Waals surface area contributed by atoms with Crippen LogP contribution < -0.4 is 5.32 Å². The van der Waals surface area contributed by atoms with Gasteiger partial charge < -0.3 is 29.9 Å². The molecule has 0 radical (unpaired) electrons. The minimum atomic E-state index is -0.879. The number of aliphatic hydroxyl groups is 1. The maximum absolute atomic E-state index is 13.5. The van der Waals surface area contributed by atoms with Gasteiger partial charge in [0.15, 0.2) is 0 Å². The van der Waals surface area contributed by atoms with Gasteiger partial charge in [-0.3, -0.25) is 19.2 Å². The van der Waals surface area contributed by atoms with Gasteiger partial charge in [-0.05, 0) is 46.0 Å². The summed E-state index contributed by atoms with van der Waals surface area (Å²) in [6, 6.07) is -3.25. The summed E-state index contributed by atoms with van der Waals surface area (Å²) in [6.07, 6.45) is 1.40. The smallest absolute Gasteiger partial charge is 0.329 e. The molecular weight excluding hydrogens is 444 g/mol. The Bertz CT molecular complexity index is 864. The molecule has 0 aliphatic carbocycles. The van der Waals surface area contributed by atoms with Crippen molar-refractivity contribution in [1.29, 1.82) is 0 Å². The van der Waals surface area contributed by atoms with Crippen LogP contribution in [0.25, 0.3) is 0 Å². The molecule has 4 aliphatic rings. The summed E-state index contributed by atoms with van der Waals surface area (Å²) >= 11 is 0. The van der Waals surface area contributed by atoms with Crippen LogP contribution in [-0.4, -0.2) is 105 Å². The summed E-state index contributed by atoms with van der Waals surface area (Å²) < 4.78 is 5.50. The van der Waals surface area contributed by atoms with Crippen LogP contribution in [0, 0.1) is 0 Å². The molecule has 0 aromatic carbocycles. The van der Waals surface area contributed by atoms with Crippen LogP contribution in [0.5, 0.6) is 0 Å². The van der Waals surface area contributed by atoms with Crippen molar-refractivity contribution in [3.8, 4) is 0 Å². The highest BCUT2D eigenvalue weighted by atomic mass is 16.5. The monoisotopic (exact) mass is 478 g/mol. The van der Waals surface area contributed by atoms with Crippen LogP contribution in [-0.2, 0) is 28.7 Å². The number of hydrogen-bond acceptors (Lipinski definition) is 7. The molecule has 11 heteroatoms. The molecule has 0 bridgehead atoms. The number of nitrogens with one attached hydrogen (secondary N) is 1. The van der Waals surface area contributed by atoms with Gasteiger partial charge in [0.2, 0.25) is 23.6 Å². The minimum absolute atomic E-state index is 0.0164. The average molecular weight is 479 g/mol. The lowest BCUT2D eigenvalue weighted by atomic mass is 9.99. The van der Waals surface area contributed by atoms with E-state index in [0.29, 0.717) is 32.4 Å². The van der Waals surface area contributed by atoms with Crippen LogP contribution in [0.3, 0.4) is 0 Å². The lowest BCUT2D eigenvalue weighted by Gasteiger charge is -2.38. The predicted octanol–water partition coefficient (Wildman–Crippen LogP) is -0.840. The number of esters is 1. The molecule has 0 saturated carbocycles. The molecule has 4 rings (SSSR count). The van der Waals surface area contributed by atoms with Crippen LogP contribution >= 0.6 is 0 Å². The summed E-state index contributed by atoms with van der Waals surface area (Å²) in [5.74, 6) is -2.15. The number of hydrogen-bond donors (Lipinski definition) is 2. The lowest BCUT2D eigenvalue weighted by molar-refractivity contribution is -0.160. The maximum Gasteiger partial charge on any atom is 0.329 e. The largest absolute Gasteiger partial charge is 0.461 e. The van der Waals surface area contributed by atoms with Crippen LogP contribution in [0.4, 0.5) is 0 Å². The third-order valence-electron chi connectivity index (χ3n) is 7.29. The van der Waals surface area contributed by atoms with Gasteiger partial charge in [0.1, 0.15) is 30.3 Å². The van der Waals surface area contributed by atoms with E-state index >= 15 is 0 Å². The van der Waals surface area contributed by atoms with E-state index in [-0.39, 0.29) is 31.2 Å². The van der Waals surface area contributed by atoms with E-state index in [0.717, 1.165) is 12.8 Å². The van der Waals surface area contributed by atoms with Gasteiger partial charge in [-0.2, -0.15) is 0 Å². The molecule has 0 spiro atoms. The summed E-state index contributed by atoms with van der Waals surface area (Å²) in [7, 11) is 0. The van der Waals surface area contributed by atoms with Crippen LogP contribution in [0.1, 0.15) is 58.8 Å². The maximum atomic E-state index is 13.5.